The molecule has 0 unspecified atom stereocenters. The van der Waals surface area contributed by atoms with E-state index in [0.717, 1.165) is 0 Å². The average molecular weight is 325 g/mol. The molecule has 0 amide bonds. The van der Waals surface area contributed by atoms with Crippen molar-refractivity contribution in [3.63, 3.8) is 0 Å². The lowest BCUT2D eigenvalue weighted by atomic mass is 10.3. The Morgan fingerprint density at radius 2 is 1.95 bits per heavy atom. The van der Waals surface area contributed by atoms with E-state index < -0.39 is 21.8 Å². The van der Waals surface area contributed by atoms with Crippen LogP contribution in [-0.4, -0.2) is 43.0 Å². The third-order valence-electron chi connectivity index (χ3n) is 2.99. The van der Waals surface area contributed by atoms with Crippen LogP contribution in [0.4, 0.5) is 24.8 Å². The van der Waals surface area contributed by atoms with Crippen molar-refractivity contribution in [3.8, 4) is 0 Å². The zero-order valence-corrected chi connectivity index (χ0v) is 11.7. The van der Waals surface area contributed by atoms with E-state index in [1.54, 1.807) is 0 Å². The summed E-state index contributed by atoms with van der Waals surface area (Å²) in [5, 5.41) is 0. The highest BCUT2D eigenvalue weighted by Gasteiger charge is 2.36. The van der Waals surface area contributed by atoms with Crippen LogP contribution in [0.15, 0.2) is 6.07 Å². The highest BCUT2D eigenvalue weighted by Crippen LogP contribution is 2.29. The molecule has 1 saturated heterocycles. The predicted octanol–water partition coefficient (Wildman–Crippen LogP) is 0.406. The number of nitrogens with one attached hydrogen (secondary N) is 1. The van der Waals surface area contributed by atoms with Crippen LogP contribution in [-0.2, 0) is 16.0 Å². The largest absolute Gasteiger partial charge is 0.451 e. The van der Waals surface area contributed by atoms with Gasteiger partial charge in [0.1, 0.15) is 11.6 Å². The number of sulfone groups is 1. The summed E-state index contributed by atoms with van der Waals surface area (Å²) in [5.41, 5.74) is 2.05. The quantitative estimate of drug-likeness (QED) is 0.600. The smallest absolute Gasteiger partial charge is 0.355 e. The van der Waals surface area contributed by atoms with E-state index in [-0.39, 0.29) is 29.7 Å². The molecule has 2 heterocycles. The number of anilines is 2. The minimum Gasteiger partial charge on any atom is -0.355 e. The van der Waals surface area contributed by atoms with E-state index in [0.29, 0.717) is 13.0 Å². The van der Waals surface area contributed by atoms with Gasteiger partial charge in [-0.2, -0.15) is 13.2 Å². The standard InChI is InChI=1S/C10H14F3N5O2S/c11-10(12,13)9-15-7(17-14)6-8(16-9)18-2-1-4-21(19,20)5-3-18/h6H,1-5,14H2,(H,15,16,17). The second kappa shape index (κ2) is 5.64. The highest BCUT2D eigenvalue weighted by molar-refractivity contribution is 7.91. The number of hydrogen-bond acceptors (Lipinski definition) is 7. The third-order valence-corrected chi connectivity index (χ3v) is 4.71. The van der Waals surface area contributed by atoms with Gasteiger partial charge in [-0.05, 0) is 6.42 Å². The van der Waals surface area contributed by atoms with Gasteiger partial charge in [-0.1, -0.05) is 0 Å². The number of aromatic nitrogens is 2. The molecule has 0 aliphatic carbocycles. The zero-order chi connectivity index (χ0) is 15.7. The predicted molar refractivity (Wildman–Crippen MR) is 70.3 cm³/mol. The summed E-state index contributed by atoms with van der Waals surface area (Å²) < 4.78 is 61.3. The van der Waals surface area contributed by atoms with E-state index in [1.807, 2.05) is 0 Å². The van der Waals surface area contributed by atoms with Gasteiger partial charge < -0.3 is 10.3 Å². The number of nitrogens with zero attached hydrogens (tertiary/aromatic N) is 3. The molecule has 118 valence electrons. The van der Waals surface area contributed by atoms with E-state index >= 15 is 0 Å². The minimum atomic E-state index is -4.71. The Balaban J connectivity index is 2.34. The molecule has 2 rings (SSSR count). The molecular weight excluding hydrogens is 311 g/mol. The first-order valence-corrected chi connectivity index (χ1v) is 7.92. The number of rotatable bonds is 2. The van der Waals surface area contributed by atoms with Crippen molar-refractivity contribution >= 4 is 21.5 Å². The molecule has 7 nitrogen and oxygen atoms in total. The average Bonchev–Trinajstić information content (AvgIpc) is 2.58. The molecule has 0 saturated carbocycles. The Labute approximate surface area is 119 Å². The summed E-state index contributed by atoms with van der Waals surface area (Å²) in [4.78, 5) is 8.21. The minimum absolute atomic E-state index is 0.00220. The van der Waals surface area contributed by atoms with Crippen LogP contribution in [0.25, 0.3) is 0 Å². The molecule has 1 aromatic heterocycles. The molecule has 1 aliphatic heterocycles. The Hall–Kier alpha value is -1.62. The van der Waals surface area contributed by atoms with Gasteiger partial charge >= 0.3 is 6.18 Å². The number of nitrogens with two attached hydrogens (primary N) is 1. The molecule has 1 aliphatic rings. The van der Waals surface area contributed by atoms with E-state index in [1.165, 1.54) is 11.0 Å². The third kappa shape index (κ3) is 3.94. The van der Waals surface area contributed by atoms with Gasteiger partial charge in [0.25, 0.3) is 0 Å². The van der Waals surface area contributed by atoms with Crippen molar-refractivity contribution in [1.29, 1.82) is 0 Å². The molecule has 1 aromatic rings. The molecule has 0 radical (unpaired) electrons. The van der Waals surface area contributed by atoms with Crippen LogP contribution in [0.3, 0.4) is 0 Å². The van der Waals surface area contributed by atoms with E-state index in [9.17, 15) is 21.6 Å². The van der Waals surface area contributed by atoms with Gasteiger partial charge in [-0.3, -0.25) is 0 Å². The van der Waals surface area contributed by atoms with Crippen LogP contribution >= 0.6 is 0 Å². The molecule has 3 N–H and O–H groups in total. The van der Waals surface area contributed by atoms with E-state index in [4.69, 9.17) is 5.84 Å². The molecule has 0 bridgehead atoms. The maximum absolute atomic E-state index is 12.7. The number of halogens is 3. The van der Waals surface area contributed by atoms with Crippen molar-refractivity contribution in [2.24, 2.45) is 5.84 Å². The summed E-state index contributed by atoms with van der Waals surface area (Å²) in [6, 6.07) is 1.26. The number of nitrogen functional groups attached to an aromatic ring is 1. The van der Waals surface area contributed by atoms with Crippen LogP contribution < -0.4 is 16.2 Å². The van der Waals surface area contributed by atoms with Gasteiger partial charge in [0.15, 0.2) is 9.84 Å². The fourth-order valence-corrected chi connectivity index (χ4v) is 3.24. The topological polar surface area (TPSA) is 101 Å². The molecule has 0 spiro atoms. The Morgan fingerprint density at radius 1 is 1.24 bits per heavy atom. The first kappa shape index (κ1) is 15.8. The molecule has 1 fully saturated rings. The van der Waals surface area contributed by atoms with Gasteiger partial charge in [-0.25, -0.2) is 24.2 Å². The zero-order valence-electron chi connectivity index (χ0n) is 10.9. The SMILES string of the molecule is NNc1cc(N2CCCS(=O)(=O)CC2)nc(C(F)(F)F)n1. The maximum Gasteiger partial charge on any atom is 0.451 e. The number of hydrazine groups is 1. The summed E-state index contributed by atoms with van der Waals surface area (Å²) >= 11 is 0. The Morgan fingerprint density at radius 3 is 2.57 bits per heavy atom. The number of hydrogen-bond donors (Lipinski definition) is 2. The lowest BCUT2D eigenvalue weighted by Gasteiger charge is -2.22. The van der Waals surface area contributed by atoms with Crippen molar-refractivity contribution in [1.82, 2.24) is 9.97 Å². The molecule has 11 heteroatoms. The van der Waals surface area contributed by atoms with Gasteiger partial charge in [0.05, 0.1) is 11.5 Å². The van der Waals surface area contributed by atoms with Crippen LogP contribution in [0.2, 0.25) is 0 Å². The van der Waals surface area contributed by atoms with Crippen molar-refractivity contribution < 1.29 is 21.6 Å². The monoisotopic (exact) mass is 325 g/mol. The van der Waals surface area contributed by atoms with Crippen LogP contribution in [0.5, 0.6) is 0 Å². The van der Waals surface area contributed by atoms with Crippen LogP contribution in [0.1, 0.15) is 12.2 Å². The van der Waals surface area contributed by atoms with Crippen LogP contribution in [0, 0.1) is 0 Å². The molecular formula is C10H14F3N5O2S. The summed E-state index contributed by atoms with van der Waals surface area (Å²) in [6.07, 6.45) is -4.38. The van der Waals surface area contributed by atoms with Crippen molar-refractivity contribution in [2.45, 2.75) is 12.6 Å². The van der Waals surface area contributed by atoms with Crippen molar-refractivity contribution in [2.75, 3.05) is 34.9 Å². The Bertz CT molecular complexity index is 620. The lowest BCUT2D eigenvalue weighted by Crippen LogP contribution is -2.29. The summed E-state index contributed by atoms with van der Waals surface area (Å²) in [7, 11) is -3.16. The van der Waals surface area contributed by atoms with E-state index in [2.05, 4.69) is 15.4 Å². The summed E-state index contributed by atoms with van der Waals surface area (Å²) in [5.74, 6) is 3.51. The Kier molecular flexibility index (Phi) is 4.23. The summed E-state index contributed by atoms with van der Waals surface area (Å²) in [6.45, 7) is 0.387. The maximum atomic E-state index is 12.7. The normalized spacial score (nSPS) is 19.1. The molecule has 0 atom stereocenters. The van der Waals surface area contributed by atoms with Gasteiger partial charge in [-0.15, -0.1) is 0 Å². The fourth-order valence-electron chi connectivity index (χ4n) is 1.96. The first-order chi connectivity index (χ1) is 9.71. The highest BCUT2D eigenvalue weighted by atomic mass is 32.2. The molecule has 0 aromatic carbocycles. The second-order valence-electron chi connectivity index (χ2n) is 4.57. The lowest BCUT2D eigenvalue weighted by molar-refractivity contribution is -0.144. The second-order valence-corrected chi connectivity index (χ2v) is 6.87. The first-order valence-electron chi connectivity index (χ1n) is 6.09. The van der Waals surface area contributed by atoms with Gasteiger partial charge in [0.2, 0.25) is 5.82 Å². The van der Waals surface area contributed by atoms with Gasteiger partial charge in [0, 0.05) is 19.2 Å². The fraction of sp³-hybridized carbons (Fsp3) is 0.600. The van der Waals surface area contributed by atoms with Crippen molar-refractivity contribution in [3.05, 3.63) is 11.9 Å². The number of alkyl halides is 3. The molecule has 21 heavy (non-hydrogen) atoms.